The molecule has 2 heteroatoms. The Morgan fingerprint density at radius 3 is 2.09 bits per heavy atom. The molecule has 0 rings (SSSR count). The first-order chi connectivity index (χ1) is 10.7. The number of rotatable bonds is 17. The van der Waals surface area contributed by atoms with Crippen molar-refractivity contribution in [2.75, 3.05) is 33.9 Å². The topological polar surface area (TPSA) is 12.5 Å². The average Bonchev–Trinajstić information content (AvgIpc) is 2.48. The summed E-state index contributed by atoms with van der Waals surface area (Å²) in [6.45, 7) is 7.83. The zero-order chi connectivity index (χ0) is 16.5. The minimum Gasteiger partial charge on any atom is -0.381 e. The van der Waals surface area contributed by atoms with Crippen LogP contribution >= 0.6 is 0 Å². The predicted molar refractivity (Wildman–Crippen MR) is 99.6 cm³/mol. The van der Waals surface area contributed by atoms with E-state index >= 15 is 0 Å². The molecule has 0 aliphatic carbocycles. The van der Waals surface area contributed by atoms with Crippen LogP contribution in [0.4, 0.5) is 0 Å². The fourth-order valence-corrected chi connectivity index (χ4v) is 2.79. The minimum atomic E-state index is 0.840. The van der Waals surface area contributed by atoms with Crippen LogP contribution in [0.1, 0.15) is 90.9 Å². The molecule has 0 radical (unpaired) electrons. The fourth-order valence-electron chi connectivity index (χ4n) is 2.79. The first-order valence-corrected chi connectivity index (χ1v) is 9.89. The van der Waals surface area contributed by atoms with E-state index in [9.17, 15) is 0 Å². The summed E-state index contributed by atoms with van der Waals surface area (Å²) in [5.41, 5.74) is 0. The quantitative estimate of drug-likeness (QED) is 0.310. The van der Waals surface area contributed by atoms with Crippen LogP contribution in [0.25, 0.3) is 0 Å². The summed E-state index contributed by atoms with van der Waals surface area (Å²) in [5.74, 6) is 0.840. The standard InChI is InChI=1S/C20H43NO/c1-5-6-7-9-12-15-20(2)16-19-22-18-14-11-8-10-13-17-21(3)4/h20H,5-19H2,1-4H3. The Kier molecular flexibility index (Phi) is 17.2. The van der Waals surface area contributed by atoms with E-state index in [1.165, 1.54) is 83.6 Å². The number of hydrogen-bond acceptors (Lipinski definition) is 2. The second-order valence-electron chi connectivity index (χ2n) is 7.28. The van der Waals surface area contributed by atoms with Gasteiger partial charge >= 0.3 is 0 Å². The van der Waals surface area contributed by atoms with Crippen molar-refractivity contribution < 1.29 is 4.74 Å². The van der Waals surface area contributed by atoms with Gasteiger partial charge in [0.25, 0.3) is 0 Å². The molecule has 134 valence electrons. The largest absolute Gasteiger partial charge is 0.381 e. The van der Waals surface area contributed by atoms with Gasteiger partial charge in [0.15, 0.2) is 0 Å². The Balaban J connectivity index is 3.12. The van der Waals surface area contributed by atoms with Crippen LogP contribution in [0.2, 0.25) is 0 Å². The molecule has 2 nitrogen and oxygen atoms in total. The Hall–Kier alpha value is -0.0800. The molecule has 0 saturated carbocycles. The summed E-state index contributed by atoms with van der Waals surface area (Å²) < 4.78 is 5.79. The van der Waals surface area contributed by atoms with E-state index in [1.54, 1.807) is 0 Å². The molecular weight excluding hydrogens is 270 g/mol. The molecule has 0 aliphatic rings. The lowest BCUT2D eigenvalue weighted by Gasteiger charge is -2.11. The first kappa shape index (κ1) is 21.9. The van der Waals surface area contributed by atoms with Crippen LogP contribution in [-0.4, -0.2) is 38.8 Å². The molecule has 0 aliphatic heterocycles. The molecule has 0 heterocycles. The summed E-state index contributed by atoms with van der Waals surface area (Å²) in [5, 5.41) is 0. The van der Waals surface area contributed by atoms with Gasteiger partial charge in [-0.25, -0.2) is 0 Å². The van der Waals surface area contributed by atoms with Crippen LogP contribution in [-0.2, 0) is 4.74 Å². The van der Waals surface area contributed by atoms with E-state index in [0.29, 0.717) is 0 Å². The number of unbranched alkanes of at least 4 members (excludes halogenated alkanes) is 8. The molecule has 0 aromatic heterocycles. The third-order valence-corrected chi connectivity index (χ3v) is 4.45. The van der Waals surface area contributed by atoms with Gasteiger partial charge in [-0.1, -0.05) is 71.6 Å². The van der Waals surface area contributed by atoms with Gasteiger partial charge in [-0.3, -0.25) is 0 Å². The fraction of sp³-hybridized carbons (Fsp3) is 1.00. The van der Waals surface area contributed by atoms with Crippen LogP contribution in [0, 0.1) is 5.92 Å². The molecular formula is C20H43NO. The molecule has 1 unspecified atom stereocenters. The highest BCUT2D eigenvalue weighted by molar-refractivity contribution is 4.54. The van der Waals surface area contributed by atoms with Crippen molar-refractivity contribution in [3.63, 3.8) is 0 Å². The molecule has 0 bridgehead atoms. The van der Waals surface area contributed by atoms with E-state index in [-0.39, 0.29) is 0 Å². The van der Waals surface area contributed by atoms with Crippen molar-refractivity contribution in [3.05, 3.63) is 0 Å². The van der Waals surface area contributed by atoms with Crippen molar-refractivity contribution in [1.29, 1.82) is 0 Å². The van der Waals surface area contributed by atoms with Crippen molar-refractivity contribution >= 4 is 0 Å². The monoisotopic (exact) mass is 313 g/mol. The second-order valence-corrected chi connectivity index (χ2v) is 7.28. The second kappa shape index (κ2) is 17.3. The zero-order valence-corrected chi connectivity index (χ0v) is 16.0. The lowest BCUT2D eigenvalue weighted by Crippen LogP contribution is -2.12. The van der Waals surface area contributed by atoms with Crippen molar-refractivity contribution in [3.8, 4) is 0 Å². The minimum absolute atomic E-state index is 0.840. The highest BCUT2D eigenvalue weighted by Crippen LogP contribution is 2.14. The van der Waals surface area contributed by atoms with Crippen LogP contribution in [0.15, 0.2) is 0 Å². The summed E-state index contributed by atoms with van der Waals surface area (Å²) >= 11 is 0. The third kappa shape index (κ3) is 18.0. The number of ether oxygens (including phenoxy) is 1. The molecule has 0 aromatic carbocycles. The van der Waals surface area contributed by atoms with Gasteiger partial charge in [0.05, 0.1) is 0 Å². The predicted octanol–water partition coefficient (Wildman–Crippen LogP) is 5.90. The van der Waals surface area contributed by atoms with E-state index in [1.807, 2.05) is 0 Å². The summed E-state index contributed by atoms with van der Waals surface area (Å²) in [6.07, 6.45) is 16.3. The molecule has 22 heavy (non-hydrogen) atoms. The third-order valence-electron chi connectivity index (χ3n) is 4.45. The van der Waals surface area contributed by atoms with E-state index in [4.69, 9.17) is 4.74 Å². The van der Waals surface area contributed by atoms with E-state index in [2.05, 4.69) is 32.8 Å². The Bertz CT molecular complexity index is 206. The lowest BCUT2D eigenvalue weighted by molar-refractivity contribution is 0.116. The summed E-state index contributed by atoms with van der Waals surface area (Å²) in [6, 6.07) is 0. The zero-order valence-electron chi connectivity index (χ0n) is 16.0. The maximum atomic E-state index is 5.79. The highest BCUT2D eigenvalue weighted by atomic mass is 16.5. The normalized spacial score (nSPS) is 13.0. The van der Waals surface area contributed by atoms with Gasteiger partial charge < -0.3 is 9.64 Å². The highest BCUT2D eigenvalue weighted by Gasteiger charge is 2.02. The smallest absolute Gasteiger partial charge is 0.0468 e. The lowest BCUT2D eigenvalue weighted by atomic mass is 9.99. The number of nitrogens with zero attached hydrogens (tertiary/aromatic N) is 1. The SMILES string of the molecule is CCCCCCCC(C)CCOCCCCCCCN(C)C. The molecule has 0 amide bonds. The molecule has 0 fully saturated rings. The van der Waals surface area contributed by atoms with Crippen LogP contribution in [0.5, 0.6) is 0 Å². The van der Waals surface area contributed by atoms with E-state index in [0.717, 1.165) is 19.1 Å². The summed E-state index contributed by atoms with van der Waals surface area (Å²) in [7, 11) is 4.31. The Labute approximate surface area is 141 Å². The average molecular weight is 314 g/mol. The van der Waals surface area contributed by atoms with Crippen molar-refractivity contribution in [1.82, 2.24) is 4.90 Å². The van der Waals surface area contributed by atoms with Gasteiger partial charge in [-0.2, -0.15) is 0 Å². The van der Waals surface area contributed by atoms with Gasteiger partial charge in [0.1, 0.15) is 0 Å². The van der Waals surface area contributed by atoms with Crippen LogP contribution in [0.3, 0.4) is 0 Å². The maximum Gasteiger partial charge on any atom is 0.0468 e. The number of hydrogen-bond donors (Lipinski definition) is 0. The molecule has 0 saturated heterocycles. The van der Waals surface area contributed by atoms with Gasteiger partial charge in [0, 0.05) is 13.2 Å². The Morgan fingerprint density at radius 1 is 0.727 bits per heavy atom. The molecule has 1 atom stereocenters. The molecule has 0 N–H and O–H groups in total. The van der Waals surface area contributed by atoms with Gasteiger partial charge in [-0.15, -0.1) is 0 Å². The van der Waals surface area contributed by atoms with Gasteiger partial charge in [0.2, 0.25) is 0 Å². The molecule has 0 aromatic rings. The van der Waals surface area contributed by atoms with E-state index < -0.39 is 0 Å². The van der Waals surface area contributed by atoms with Crippen LogP contribution < -0.4 is 0 Å². The maximum absolute atomic E-state index is 5.79. The van der Waals surface area contributed by atoms with Crippen molar-refractivity contribution in [2.24, 2.45) is 5.92 Å². The Morgan fingerprint density at radius 2 is 1.36 bits per heavy atom. The molecule has 0 spiro atoms. The van der Waals surface area contributed by atoms with Gasteiger partial charge in [-0.05, 0) is 45.8 Å². The van der Waals surface area contributed by atoms with Crippen molar-refractivity contribution in [2.45, 2.75) is 90.9 Å². The summed E-state index contributed by atoms with van der Waals surface area (Å²) in [4.78, 5) is 2.27. The first-order valence-electron chi connectivity index (χ1n) is 9.89.